The predicted molar refractivity (Wildman–Crippen MR) is 65.9 cm³/mol. The van der Waals surface area contributed by atoms with Gasteiger partial charge in [0, 0.05) is 0 Å². The van der Waals surface area contributed by atoms with Gasteiger partial charge in [-0.2, -0.15) is 0 Å². The van der Waals surface area contributed by atoms with E-state index < -0.39 is 0 Å². The molecular weight excluding hydrogens is 218 g/mol. The Morgan fingerprint density at radius 1 is 0.824 bits per heavy atom. The Balaban J connectivity index is 2.38. The summed E-state index contributed by atoms with van der Waals surface area (Å²) in [5.74, 6) is -0.328. The lowest BCUT2D eigenvalue weighted by Crippen LogP contribution is -1.92. The molecule has 0 amide bonds. The molecule has 0 bridgehead atoms. The first-order valence-electron chi connectivity index (χ1n) is 5.16. The number of anilines is 2. The predicted octanol–water partition coefficient (Wildman–Crippen LogP) is 2.86. The zero-order valence-electron chi connectivity index (χ0n) is 9.31. The van der Waals surface area contributed by atoms with E-state index in [2.05, 4.69) is 5.32 Å². The van der Waals surface area contributed by atoms with Crippen molar-refractivity contribution in [1.29, 1.82) is 0 Å². The van der Waals surface area contributed by atoms with Crippen molar-refractivity contribution in [2.45, 2.75) is 6.92 Å². The van der Waals surface area contributed by atoms with Gasteiger partial charge >= 0.3 is 0 Å². The van der Waals surface area contributed by atoms with Crippen molar-refractivity contribution in [2.75, 3.05) is 5.32 Å². The van der Waals surface area contributed by atoms with Gasteiger partial charge in [0.2, 0.25) is 0 Å². The molecule has 0 fully saturated rings. The summed E-state index contributed by atoms with van der Waals surface area (Å²) < 4.78 is 0. The summed E-state index contributed by atoms with van der Waals surface area (Å²) in [6.07, 6.45) is 0. The van der Waals surface area contributed by atoms with Gasteiger partial charge in [0.25, 0.3) is 0 Å². The number of aromatic hydroxyl groups is 3. The summed E-state index contributed by atoms with van der Waals surface area (Å²) in [5.41, 5.74) is 1.55. The second-order valence-electron chi connectivity index (χ2n) is 3.77. The van der Waals surface area contributed by atoms with Crippen LogP contribution in [0.5, 0.6) is 17.2 Å². The lowest BCUT2D eigenvalue weighted by molar-refractivity contribution is 0.405. The molecule has 0 heterocycles. The molecule has 2 rings (SSSR count). The highest BCUT2D eigenvalue weighted by atomic mass is 16.3. The van der Waals surface area contributed by atoms with Gasteiger partial charge in [-0.1, -0.05) is 18.2 Å². The van der Waals surface area contributed by atoms with Gasteiger partial charge in [-0.15, -0.1) is 0 Å². The second kappa shape index (κ2) is 4.25. The van der Waals surface area contributed by atoms with Gasteiger partial charge < -0.3 is 20.6 Å². The molecule has 0 aromatic heterocycles. The van der Waals surface area contributed by atoms with Crippen LogP contribution in [0, 0.1) is 6.92 Å². The van der Waals surface area contributed by atoms with Crippen molar-refractivity contribution >= 4 is 11.4 Å². The smallest absolute Gasteiger partial charge is 0.181 e. The molecule has 0 aliphatic carbocycles. The van der Waals surface area contributed by atoms with Crippen molar-refractivity contribution in [3.8, 4) is 17.2 Å². The number of aryl methyl sites for hydroxylation is 1. The Hall–Kier alpha value is -2.36. The normalized spacial score (nSPS) is 10.2. The molecule has 0 saturated heterocycles. The zero-order chi connectivity index (χ0) is 12.4. The average molecular weight is 231 g/mol. The molecule has 0 atom stereocenters. The molecule has 0 aliphatic heterocycles. The van der Waals surface area contributed by atoms with E-state index in [9.17, 15) is 15.3 Å². The SMILES string of the molecule is Cc1cccc(Nc2cccc(O)c2O)c1O. The third-order valence-corrected chi connectivity index (χ3v) is 2.52. The van der Waals surface area contributed by atoms with Gasteiger partial charge in [-0.05, 0) is 30.7 Å². The number of rotatable bonds is 2. The number of phenols is 3. The summed E-state index contributed by atoms with van der Waals surface area (Å²) >= 11 is 0. The fraction of sp³-hybridized carbons (Fsp3) is 0.0769. The number of para-hydroxylation sites is 2. The van der Waals surface area contributed by atoms with Crippen LogP contribution in [0.4, 0.5) is 11.4 Å². The Morgan fingerprint density at radius 2 is 1.41 bits per heavy atom. The van der Waals surface area contributed by atoms with Crippen LogP contribution in [-0.2, 0) is 0 Å². The number of benzene rings is 2. The highest BCUT2D eigenvalue weighted by Gasteiger charge is 2.08. The van der Waals surface area contributed by atoms with Crippen molar-refractivity contribution in [3.63, 3.8) is 0 Å². The quantitative estimate of drug-likeness (QED) is 0.600. The van der Waals surface area contributed by atoms with Crippen LogP contribution in [0.25, 0.3) is 0 Å². The van der Waals surface area contributed by atoms with Crippen LogP contribution in [0.2, 0.25) is 0 Å². The molecule has 0 unspecified atom stereocenters. The Bertz CT molecular complexity index is 503. The Labute approximate surface area is 98.8 Å². The van der Waals surface area contributed by atoms with Crippen LogP contribution in [0.15, 0.2) is 36.4 Å². The topological polar surface area (TPSA) is 72.7 Å². The van der Waals surface area contributed by atoms with Crippen LogP contribution in [-0.4, -0.2) is 15.3 Å². The molecule has 0 radical (unpaired) electrons. The van der Waals surface area contributed by atoms with Crippen LogP contribution < -0.4 is 5.32 Å². The van der Waals surface area contributed by atoms with E-state index in [4.69, 9.17) is 0 Å². The third kappa shape index (κ3) is 2.10. The lowest BCUT2D eigenvalue weighted by atomic mass is 10.2. The standard InChI is InChI=1S/C13H13NO3/c1-8-4-2-5-9(12(8)16)14-10-6-3-7-11(15)13(10)17/h2-7,14-17H,1H3. The van der Waals surface area contributed by atoms with E-state index in [-0.39, 0.29) is 17.2 Å². The van der Waals surface area contributed by atoms with Crippen LogP contribution in [0.3, 0.4) is 0 Å². The Morgan fingerprint density at radius 3 is 2.12 bits per heavy atom. The molecule has 4 heteroatoms. The number of phenolic OH excluding ortho intramolecular Hbond substituents is 3. The molecular formula is C13H13NO3. The van der Waals surface area contributed by atoms with Crippen LogP contribution >= 0.6 is 0 Å². The summed E-state index contributed by atoms with van der Waals surface area (Å²) in [6, 6.07) is 9.85. The highest BCUT2D eigenvalue weighted by molar-refractivity contribution is 5.73. The van der Waals surface area contributed by atoms with Gasteiger partial charge in [-0.25, -0.2) is 0 Å². The summed E-state index contributed by atoms with van der Waals surface area (Å²) in [4.78, 5) is 0. The van der Waals surface area contributed by atoms with E-state index >= 15 is 0 Å². The average Bonchev–Trinajstić information content (AvgIpc) is 2.31. The first-order valence-corrected chi connectivity index (χ1v) is 5.16. The minimum absolute atomic E-state index is 0.121. The van der Waals surface area contributed by atoms with E-state index in [0.717, 1.165) is 5.56 Å². The number of hydrogen-bond donors (Lipinski definition) is 4. The maximum atomic E-state index is 9.81. The van der Waals surface area contributed by atoms with Crippen molar-refractivity contribution < 1.29 is 15.3 Å². The molecule has 88 valence electrons. The first kappa shape index (κ1) is 11.1. The van der Waals surface area contributed by atoms with Crippen molar-refractivity contribution in [3.05, 3.63) is 42.0 Å². The maximum absolute atomic E-state index is 9.81. The molecule has 0 saturated carbocycles. The third-order valence-electron chi connectivity index (χ3n) is 2.52. The molecule has 4 nitrogen and oxygen atoms in total. The summed E-state index contributed by atoms with van der Waals surface area (Å²) in [7, 11) is 0. The fourth-order valence-electron chi connectivity index (χ4n) is 1.54. The molecule has 4 N–H and O–H groups in total. The van der Waals surface area contributed by atoms with E-state index in [1.807, 2.05) is 0 Å². The highest BCUT2D eigenvalue weighted by Crippen LogP contribution is 2.37. The minimum Gasteiger partial charge on any atom is -0.505 e. The molecule has 2 aromatic rings. The fourth-order valence-corrected chi connectivity index (χ4v) is 1.54. The summed E-state index contributed by atoms with van der Waals surface area (Å²) in [5, 5.41) is 31.6. The maximum Gasteiger partial charge on any atom is 0.181 e. The number of nitrogens with one attached hydrogen (secondary N) is 1. The van der Waals surface area contributed by atoms with Crippen LogP contribution in [0.1, 0.15) is 5.56 Å². The van der Waals surface area contributed by atoms with E-state index in [1.165, 1.54) is 6.07 Å². The number of hydrogen-bond acceptors (Lipinski definition) is 4. The van der Waals surface area contributed by atoms with E-state index in [1.54, 1.807) is 37.3 Å². The molecule has 0 aliphatic rings. The van der Waals surface area contributed by atoms with Crippen molar-refractivity contribution in [2.24, 2.45) is 0 Å². The van der Waals surface area contributed by atoms with Gasteiger partial charge in [-0.3, -0.25) is 0 Å². The first-order chi connectivity index (χ1) is 8.09. The minimum atomic E-state index is -0.242. The van der Waals surface area contributed by atoms with Crippen molar-refractivity contribution in [1.82, 2.24) is 0 Å². The van der Waals surface area contributed by atoms with Gasteiger partial charge in [0.15, 0.2) is 11.5 Å². The molecule has 0 spiro atoms. The zero-order valence-corrected chi connectivity index (χ0v) is 9.31. The lowest BCUT2D eigenvalue weighted by Gasteiger charge is -2.11. The molecule has 17 heavy (non-hydrogen) atoms. The largest absolute Gasteiger partial charge is 0.505 e. The second-order valence-corrected chi connectivity index (χ2v) is 3.77. The van der Waals surface area contributed by atoms with E-state index in [0.29, 0.717) is 11.4 Å². The molecule has 2 aromatic carbocycles. The Kier molecular flexibility index (Phi) is 2.78. The van der Waals surface area contributed by atoms with Gasteiger partial charge in [0.05, 0.1) is 11.4 Å². The monoisotopic (exact) mass is 231 g/mol. The summed E-state index contributed by atoms with van der Waals surface area (Å²) in [6.45, 7) is 1.78. The van der Waals surface area contributed by atoms with Gasteiger partial charge in [0.1, 0.15) is 5.75 Å².